The van der Waals surface area contributed by atoms with Gasteiger partial charge in [-0.25, -0.2) is 4.99 Å². The summed E-state index contributed by atoms with van der Waals surface area (Å²) in [6.07, 6.45) is 3.89. The number of hydrogen-bond donors (Lipinski definition) is 0. The molecule has 0 radical (unpaired) electrons. The summed E-state index contributed by atoms with van der Waals surface area (Å²) in [6, 6.07) is 130. The Morgan fingerprint density at radius 1 is 0.231 bits per heavy atom. The van der Waals surface area contributed by atoms with E-state index in [9.17, 15) is 0 Å². The molecular weight excluding hydrogens is 1260 g/mol. The Bertz CT molecular complexity index is 6800. The summed E-state index contributed by atoms with van der Waals surface area (Å²) in [4.78, 5) is 5.97. The number of aliphatic imine (C=N–C) groups is 1. The van der Waals surface area contributed by atoms with E-state index >= 15 is 0 Å². The minimum Gasteiger partial charge on any atom is -0.309 e. The largest absolute Gasteiger partial charge is 0.309 e. The Kier molecular flexibility index (Phi) is 13.6. The van der Waals surface area contributed by atoms with Crippen LogP contribution in [0.4, 0.5) is 0 Å². The highest BCUT2D eigenvalue weighted by Gasteiger charge is 2.25. The Labute approximate surface area is 600 Å². The van der Waals surface area contributed by atoms with Crippen LogP contribution in [-0.2, 0) is 0 Å². The molecule has 0 aliphatic carbocycles. The van der Waals surface area contributed by atoms with Gasteiger partial charge >= 0.3 is 0 Å². The molecule has 0 unspecified atom stereocenters. The monoisotopic (exact) mass is 1330 g/mol. The van der Waals surface area contributed by atoms with Crippen LogP contribution in [0.2, 0.25) is 0 Å². The lowest BCUT2D eigenvalue weighted by molar-refractivity contribution is 1.03. The van der Waals surface area contributed by atoms with Crippen LogP contribution in [-0.4, -0.2) is 28.7 Å². The van der Waals surface area contributed by atoms with Crippen LogP contribution in [0.3, 0.4) is 0 Å². The van der Waals surface area contributed by atoms with Crippen molar-refractivity contribution in [3.05, 3.63) is 375 Å². The number of fused-ring (bicyclic) bond motifs is 15. The average molecular weight is 1330 g/mol. The van der Waals surface area contributed by atoms with E-state index < -0.39 is 0 Å². The summed E-state index contributed by atoms with van der Waals surface area (Å²) in [6.45, 7) is 2.30. The Morgan fingerprint density at radius 3 is 0.875 bits per heavy atom. The molecule has 0 fully saturated rings. The summed E-state index contributed by atoms with van der Waals surface area (Å²) >= 11 is 0. The van der Waals surface area contributed by atoms with Gasteiger partial charge in [0.25, 0.3) is 0 Å². The van der Waals surface area contributed by atoms with Crippen molar-refractivity contribution in [2.75, 3.05) is 0 Å². The Morgan fingerprint density at radius 2 is 0.510 bits per heavy atom. The van der Waals surface area contributed by atoms with Crippen LogP contribution in [0.15, 0.2) is 368 Å². The molecule has 0 bridgehead atoms. The van der Waals surface area contributed by atoms with Crippen molar-refractivity contribution >= 4 is 126 Å². The van der Waals surface area contributed by atoms with Crippen LogP contribution < -0.4 is 0 Å². The predicted molar refractivity (Wildman–Crippen MR) is 439 cm³/mol. The summed E-state index contributed by atoms with van der Waals surface area (Å²) in [7, 11) is 0. The van der Waals surface area contributed by atoms with Crippen molar-refractivity contribution in [3.63, 3.8) is 0 Å². The molecule has 0 atom stereocenters. The van der Waals surface area contributed by atoms with Gasteiger partial charge in [0, 0.05) is 88.6 Å². The molecule has 5 aromatic heterocycles. The minimum atomic E-state index is 0.666. The number of allylic oxidation sites excluding steroid dienone is 3. The van der Waals surface area contributed by atoms with Crippen LogP contribution in [0.1, 0.15) is 30.9 Å². The van der Waals surface area contributed by atoms with Crippen molar-refractivity contribution in [2.24, 2.45) is 4.99 Å². The summed E-state index contributed by atoms with van der Waals surface area (Å²) in [5, 5.41) is 12.1. The quantitative estimate of drug-likeness (QED) is 0.131. The first-order valence-corrected chi connectivity index (χ1v) is 36.1. The van der Waals surface area contributed by atoms with E-state index in [-0.39, 0.29) is 0 Å². The first-order valence-electron chi connectivity index (χ1n) is 36.1. The topological polar surface area (TPSA) is 37.0 Å². The van der Waals surface area contributed by atoms with E-state index in [1.807, 2.05) is 0 Å². The maximum atomic E-state index is 5.97. The third kappa shape index (κ3) is 9.39. The molecule has 0 amide bonds. The van der Waals surface area contributed by atoms with Gasteiger partial charge < -0.3 is 18.3 Å². The van der Waals surface area contributed by atoms with Gasteiger partial charge in [-0.1, -0.05) is 219 Å². The maximum Gasteiger partial charge on any atom is 0.118 e. The number of rotatable bonds is 10. The third-order valence-electron chi connectivity index (χ3n) is 22.0. The second-order valence-electron chi connectivity index (χ2n) is 27.7. The lowest BCUT2D eigenvalue weighted by Gasteiger charge is -2.14. The van der Waals surface area contributed by atoms with Crippen molar-refractivity contribution in [3.8, 4) is 56.1 Å². The van der Waals surface area contributed by atoms with Gasteiger partial charge in [-0.3, -0.25) is 4.57 Å². The van der Waals surface area contributed by atoms with Crippen molar-refractivity contribution in [1.29, 1.82) is 0 Å². The van der Waals surface area contributed by atoms with E-state index in [0.29, 0.717) is 6.42 Å². The fraction of sp³-hybridized carbons (Fsp3) is 0.0306. The first kappa shape index (κ1) is 59.3. The maximum absolute atomic E-state index is 5.97. The molecule has 6 heterocycles. The van der Waals surface area contributed by atoms with E-state index in [0.717, 1.165) is 79.5 Å². The van der Waals surface area contributed by atoms with Gasteiger partial charge in [-0.15, -0.1) is 0 Å². The summed E-state index contributed by atoms with van der Waals surface area (Å²) in [5.74, 6) is 0.987. The standard InChI is InChI=1S/C98H66N6/c1-2-63-61-98(104-91-41-22-18-37-79(91)84-58-68(47-53-97(84)104)65-42-48-92-81(55-65)76-34-15-19-38-88(76)100(92)72-27-9-4-10-28-72)99-87(62-80(63)64-24-7-3-8-25-64)71-26-23-33-75(54-71)103-95-51-45-69(66-43-49-93-82(56-66)77-35-16-20-39-89(77)101(93)73-29-11-5-12-30-73)59-85(95)86-60-70(46-52-96(86)103)67-44-50-94-83(57-67)78-36-17-21-40-90(78)102(94)74-31-13-6-14-32-74/h3-60,62H,2,61H2,1H3. The minimum absolute atomic E-state index is 0.666. The fourth-order valence-electron chi connectivity index (χ4n) is 17.2. The molecule has 20 aromatic rings. The van der Waals surface area contributed by atoms with Gasteiger partial charge in [0.2, 0.25) is 0 Å². The Hall–Kier alpha value is -13.6. The highest BCUT2D eigenvalue weighted by atomic mass is 15.1. The van der Waals surface area contributed by atoms with E-state index in [1.54, 1.807) is 0 Å². The lowest BCUT2D eigenvalue weighted by Crippen LogP contribution is -2.13. The zero-order valence-electron chi connectivity index (χ0n) is 57.2. The van der Waals surface area contributed by atoms with Crippen molar-refractivity contribution < 1.29 is 0 Å². The van der Waals surface area contributed by atoms with Crippen LogP contribution in [0.25, 0.3) is 176 Å². The zero-order chi connectivity index (χ0) is 68.5. The second kappa shape index (κ2) is 23.8. The van der Waals surface area contributed by atoms with Gasteiger partial charge in [-0.05, 0) is 203 Å². The van der Waals surface area contributed by atoms with E-state index in [1.165, 1.54) is 126 Å². The van der Waals surface area contributed by atoms with Crippen LogP contribution >= 0.6 is 0 Å². The SMILES string of the molecule is CCC1=C(c2ccccc2)C=C(c2cccc(-n3c4ccc(-c5ccc6c(c5)c5ccccc5n6-c5ccccc5)cc4c4cc(-c5ccc6c(c5)c5ccccc5n6-c5ccccc5)ccc43)c2)N=C(n2c3ccccc3c3cc(-c4ccc5c(c4)c4ccccc4n5-c4ccccc4)ccc32)C1. The molecular formula is C98H66N6. The molecule has 104 heavy (non-hydrogen) atoms. The number of nitrogens with zero attached hydrogens (tertiary/aromatic N) is 6. The van der Waals surface area contributed by atoms with Crippen molar-refractivity contribution in [1.82, 2.24) is 22.8 Å². The van der Waals surface area contributed by atoms with Gasteiger partial charge in [0.1, 0.15) is 5.84 Å². The van der Waals surface area contributed by atoms with E-state index in [4.69, 9.17) is 4.99 Å². The van der Waals surface area contributed by atoms with Crippen LogP contribution in [0, 0.1) is 0 Å². The summed E-state index contributed by atoms with van der Waals surface area (Å²) < 4.78 is 12.1. The molecule has 6 heteroatoms. The molecule has 21 rings (SSSR count). The molecule has 488 valence electrons. The van der Waals surface area contributed by atoms with Gasteiger partial charge in [0.15, 0.2) is 0 Å². The molecule has 0 saturated heterocycles. The molecule has 0 spiro atoms. The average Bonchev–Trinajstić information content (AvgIpc) is 1.58. The molecule has 1 aliphatic rings. The number of benzene rings is 15. The first-order chi connectivity index (χ1) is 51.5. The molecule has 1 aliphatic heterocycles. The normalized spacial score (nSPS) is 12.9. The van der Waals surface area contributed by atoms with E-state index in [2.05, 4.69) is 388 Å². The van der Waals surface area contributed by atoms with Crippen LogP contribution in [0.5, 0.6) is 0 Å². The number of aromatic nitrogens is 5. The second-order valence-corrected chi connectivity index (χ2v) is 27.7. The molecule has 0 N–H and O–H groups in total. The van der Waals surface area contributed by atoms with Crippen molar-refractivity contribution in [2.45, 2.75) is 19.8 Å². The highest BCUT2D eigenvalue weighted by molar-refractivity contribution is 6.19. The zero-order valence-corrected chi connectivity index (χ0v) is 57.2. The molecule has 6 nitrogen and oxygen atoms in total. The molecule has 0 saturated carbocycles. The third-order valence-corrected chi connectivity index (χ3v) is 22.0. The highest BCUT2D eigenvalue weighted by Crippen LogP contribution is 2.45. The smallest absolute Gasteiger partial charge is 0.118 e. The Balaban J connectivity index is 0.728. The van der Waals surface area contributed by atoms with Gasteiger partial charge in [-0.2, -0.15) is 0 Å². The number of para-hydroxylation sites is 7. The predicted octanol–water partition coefficient (Wildman–Crippen LogP) is 25.7. The molecule has 15 aromatic carbocycles. The fourth-order valence-corrected chi connectivity index (χ4v) is 17.2. The summed E-state index contributed by atoms with van der Waals surface area (Å²) in [5.41, 5.74) is 28.9. The number of hydrogen-bond acceptors (Lipinski definition) is 1. The van der Waals surface area contributed by atoms with Gasteiger partial charge in [0.05, 0.1) is 60.9 Å². The lowest BCUT2D eigenvalue weighted by atomic mass is 9.94.